The normalized spacial score (nSPS) is 11.8. The molecule has 0 unspecified atom stereocenters. The van der Waals surface area contributed by atoms with Crippen molar-refractivity contribution in [3.8, 4) is 0 Å². The summed E-state index contributed by atoms with van der Waals surface area (Å²) in [5, 5.41) is 12.1. The first-order valence-corrected chi connectivity index (χ1v) is 6.02. The lowest BCUT2D eigenvalue weighted by atomic mass is 9.94. The van der Waals surface area contributed by atoms with Crippen LogP contribution >= 0.6 is 0 Å². The summed E-state index contributed by atoms with van der Waals surface area (Å²) in [6.07, 6.45) is 0. The fourth-order valence-corrected chi connectivity index (χ4v) is 1.91. The van der Waals surface area contributed by atoms with Crippen molar-refractivity contribution in [2.45, 2.75) is 19.4 Å². The monoisotopic (exact) mass is 257 g/mol. The summed E-state index contributed by atoms with van der Waals surface area (Å²) in [5.74, 6) is 0. The van der Waals surface area contributed by atoms with Crippen LogP contribution in [0.3, 0.4) is 0 Å². The van der Waals surface area contributed by atoms with Gasteiger partial charge in [0.05, 0.1) is 10.5 Å². The number of nitro benzene ring substituents is 1. The number of non-ortho nitro benzene ring substituents is 1. The van der Waals surface area contributed by atoms with Crippen LogP contribution in [0, 0.1) is 10.1 Å². The van der Waals surface area contributed by atoms with Crippen LogP contribution in [0.2, 0.25) is 1.41 Å². The van der Waals surface area contributed by atoms with Crippen LogP contribution in [0.4, 0.5) is 11.4 Å². The molecule has 0 saturated heterocycles. The summed E-state index contributed by atoms with van der Waals surface area (Å²) in [6.45, 7) is 3.82. The van der Waals surface area contributed by atoms with Gasteiger partial charge < -0.3 is 5.31 Å². The van der Waals surface area contributed by atoms with E-state index in [9.17, 15) is 10.1 Å². The van der Waals surface area contributed by atoms with Crippen LogP contribution < -0.4 is 5.31 Å². The van der Waals surface area contributed by atoms with Gasteiger partial charge in [-0.1, -0.05) is 36.4 Å². The molecule has 0 aliphatic rings. The molecule has 2 aromatic rings. The second-order valence-electron chi connectivity index (χ2n) is 4.81. The molecule has 98 valence electrons. The van der Waals surface area contributed by atoms with Gasteiger partial charge in [-0.25, -0.2) is 0 Å². The van der Waals surface area contributed by atoms with Crippen molar-refractivity contribution in [3.63, 3.8) is 0 Å². The number of nitrogens with one attached hydrogen (secondary N) is 1. The van der Waals surface area contributed by atoms with Crippen molar-refractivity contribution in [1.82, 2.24) is 0 Å². The molecule has 0 aliphatic carbocycles. The first-order valence-electron chi connectivity index (χ1n) is 6.47. The summed E-state index contributed by atoms with van der Waals surface area (Å²) in [7, 11) is 0. The average molecular weight is 257 g/mol. The predicted octanol–water partition coefficient (Wildman–Crippen LogP) is 3.94. The highest BCUT2D eigenvalue weighted by molar-refractivity contribution is 5.53. The lowest BCUT2D eigenvalue weighted by molar-refractivity contribution is -0.384. The molecule has 4 nitrogen and oxygen atoms in total. The standard InChI is InChI=1S/C15H16N2O2/c1-15(2,12-7-4-3-5-8-12)16-13-9-6-10-14(11-13)17(18)19/h3-11,16H,1-2H3/i/hD. The van der Waals surface area contributed by atoms with Crippen molar-refractivity contribution < 1.29 is 6.34 Å². The van der Waals surface area contributed by atoms with Crippen LogP contribution in [0.15, 0.2) is 54.6 Å². The quantitative estimate of drug-likeness (QED) is 0.666. The molecule has 0 fully saturated rings. The summed E-state index contributed by atoms with van der Waals surface area (Å²) in [4.78, 5) is 10.4. The molecule has 2 aromatic carbocycles. The maximum atomic E-state index is 10.8. The minimum Gasteiger partial charge on any atom is -0.376 e. The van der Waals surface area contributed by atoms with Crippen molar-refractivity contribution in [2.75, 3.05) is 5.31 Å². The van der Waals surface area contributed by atoms with Crippen LogP contribution in [-0.2, 0) is 5.54 Å². The summed E-state index contributed by atoms with van der Waals surface area (Å²) in [5.41, 5.74) is 0.870. The van der Waals surface area contributed by atoms with E-state index in [4.69, 9.17) is 1.41 Å². The molecule has 0 amide bonds. The summed E-state index contributed by atoms with van der Waals surface area (Å²) < 4.78 is 8.30. The number of anilines is 1. The minimum absolute atomic E-state index is 0.0105. The van der Waals surface area contributed by atoms with E-state index in [-0.39, 0.29) is 5.69 Å². The van der Waals surface area contributed by atoms with Crippen LogP contribution in [-0.4, -0.2) is 4.92 Å². The van der Waals surface area contributed by atoms with Gasteiger partial charge in [0, 0.05) is 17.8 Å². The van der Waals surface area contributed by atoms with Gasteiger partial charge in [0.1, 0.15) is 0 Å². The SMILES string of the molecule is [2H]N(c1cccc([N+](=O)[O-])c1)C(C)(C)c1ccccc1. The summed E-state index contributed by atoms with van der Waals surface area (Å²) >= 11 is 0. The van der Waals surface area contributed by atoms with E-state index in [0.29, 0.717) is 5.69 Å². The molecular formula is C15H16N2O2. The van der Waals surface area contributed by atoms with E-state index >= 15 is 0 Å². The third kappa shape index (κ3) is 3.10. The van der Waals surface area contributed by atoms with Crippen molar-refractivity contribution in [1.29, 1.82) is 0 Å². The minimum atomic E-state index is -0.587. The number of rotatable bonds is 4. The zero-order valence-electron chi connectivity index (χ0n) is 11.9. The Hall–Kier alpha value is -2.36. The van der Waals surface area contributed by atoms with Crippen LogP contribution in [0.5, 0.6) is 0 Å². The van der Waals surface area contributed by atoms with E-state index in [1.165, 1.54) is 17.4 Å². The highest BCUT2D eigenvalue weighted by Crippen LogP contribution is 2.27. The van der Waals surface area contributed by atoms with Gasteiger partial charge in [0.15, 0.2) is 1.41 Å². The molecule has 0 bridgehead atoms. The zero-order valence-corrected chi connectivity index (χ0v) is 10.9. The Balaban J connectivity index is 2.37. The van der Waals surface area contributed by atoms with Gasteiger partial charge in [-0.15, -0.1) is 0 Å². The third-order valence-electron chi connectivity index (χ3n) is 2.93. The molecule has 1 N–H and O–H groups in total. The number of nitro groups is 1. The summed E-state index contributed by atoms with van der Waals surface area (Å²) in [6, 6.07) is 15.8. The van der Waals surface area contributed by atoms with Crippen LogP contribution in [0.25, 0.3) is 0 Å². The fourth-order valence-electron chi connectivity index (χ4n) is 1.91. The van der Waals surface area contributed by atoms with Crippen molar-refractivity contribution in [3.05, 3.63) is 70.3 Å². The number of nitrogens with zero attached hydrogens (tertiary/aromatic N) is 1. The van der Waals surface area contributed by atoms with Gasteiger partial charge in [-0.2, -0.15) is 0 Å². The molecule has 0 aromatic heterocycles. The first-order chi connectivity index (χ1) is 9.43. The van der Waals surface area contributed by atoms with Crippen LogP contribution in [0.1, 0.15) is 19.4 Å². The lowest BCUT2D eigenvalue weighted by Crippen LogP contribution is -2.27. The second-order valence-corrected chi connectivity index (χ2v) is 4.81. The molecule has 19 heavy (non-hydrogen) atoms. The Bertz CT molecular complexity index is 614. The largest absolute Gasteiger partial charge is 0.376 e. The topological polar surface area (TPSA) is 55.2 Å². The predicted molar refractivity (Wildman–Crippen MR) is 76.2 cm³/mol. The highest BCUT2D eigenvalue weighted by Gasteiger charge is 2.20. The maximum absolute atomic E-state index is 10.8. The fraction of sp³-hybridized carbons (Fsp3) is 0.200. The molecule has 4 heteroatoms. The molecule has 0 aliphatic heterocycles. The molecule has 0 saturated carbocycles. The zero-order chi connectivity index (χ0) is 14.8. The van der Waals surface area contributed by atoms with Gasteiger partial charge in [0.25, 0.3) is 5.69 Å². The molecule has 2 rings (SSSR count). The molecule has 0 spiro atoms. The van der Waals surface area contributed by atoms with E-state index in [1.807, 2.05) is 44.2 Å². The third-order valence-corrected chi connectivity index (χ3v) is 2.93. The Morgan fingerprint density at radius 2 is 1.84 bits per heavy atom. The van der Waals surface area contributed by atoms with E-state index < -0.39 is 10.5 Å². The van der Waals surface area contributed by atoms with Crippen molar-refractivity contribution >= 4 is 11.4 Å². The van der Waals surface area contributed by atoms with Gasteiger partial charge >= 0.3 is 0 Å². The van der Waals surface area contributed by atoms with E-state index in [2.05, 4.69) is 0 Å². The Morgan fingerprint density at radius 1 is 1.16 bits per heavy atom. The smallest absolute Gasteiger partial charge is 0.271 e. The highest BCUT2D eigenvalue weighted by atomic mass is 16.6. The lowest BCUT2D eigenvalue weighted by Gasteiger charge is -2.28. The Kier molecular flexibility index (Phi) is 3.14. The molecular weight excluding hydrogens is 240 g/mol. The first kappa shape index (κ1) is 11.7. The average Bonchev–Trinajstić information content (AvgIpc) is 2.47. The molecule has 0 atom stereocenters. The second kappa shape index (κ2) is 5.10. The number of benzene rings is 2. The van der Waals surface area contributed by atoms with E-state index in [0.717, 1.165) is 5.56 Å². The molecule has 0 radical (unpaired) electrons. The maximum Gasteiger partial charge on any atom is 0.271 e. The van der Waals surface area contributed by atoms with Crippen molar-refractivity contribution in [2.24, 2.45) is 0 Å². The van der Waals surface area contributed by atoms with E-state index in [1.54, 1.807) is 12.1 Å². The Morgan fingerprint density at radius 3 is 2.47 bits per heavy atom. The van der Waals surface area contributed by atoms with Gasteiger partial charge in [-0.05, 0) is 25.5 Å². The number of hydrogen-bond donors (Lipinski definition) is 1. The van der Waals surface area contributed by atoms with Gasteiger partial charge in [-0.3, -0.25) is 10.1 Å². The molecule has 0 heterocycles. The number of hydrogen-bond acceptors (Lipinski definition) is 3. The Labute approximate surface area is 113 Å². The van der Waals surface area contributed by atoms with Gasteiger partial charge in [0.2, 0.25) is 0 Å².